The SMILES string of the molecule is Cn1c(=O)c2c(ncn2CC(=O)Nc2ccc(-c3ccccc3OCc3ccc(CO)cc3)nn2)n(C)c1=O. The van der Waals surface area contributed by atoms with Crippen LogP contribution in [0.2, 0.25) is 0 Å². The van der Waals surface area contributed by atoms with Gasteiger partial charge in [-0.25, -0.2) is 9.78 Å². The highest BCUT2D eigenvalue weighted by atomic mass is 16.5. The van der Waals surface area contributed by atoms with Crippen LogP contribution < -0.4 is 21.3 Å². The average molecular weight is 528 g/mol. The Hall–Kier alpha value is -5.10. The second-order valence-electron chi connectivity index (χ2n) is 8.86. The summed E-state index contributed by atoms with van der Waals surface area (Å²) in [6.45, 7) is 0.121. The molecule has 0 aliphatic heterocycles. The van der Waals surface area contributed by atoms with E-state index < -0.39 is 17.2 Å². The van der Waals surface area contributed by atoms with Crippen LogP contribution in [0.5, 0.6) is 5.75 Å². The third-order valence-electron chi connectivity index (χ3n) is 6.23. The van der Waals surface area contributed by atoms with E-state index in [-0.39, 0.29) is 30.1 Å². The van der Waals surface area contributed by atoms with E-state index in [1.165, 1.54) is 29.6 Å². The Morgan fingerprint density at radius 2 is 1.69 bits per heavy atom. The highest BCUT2D eigenvalue weighted by Gasteiger charge is 2.16. The summed E-state index contributed by atoms with van der Waals surface area (Å²) in [6.07, 6.45) is 1.35. The van der Waals surface area contributed by atoms with E-state index in [2.05, 4.69) is 20.5 Å². The van der Waals surface area contributed by atoms with Crippen LogP contribution in [0.3, 0.4) is 0 Å². The van der Waals surface area contributed by atoms with Crippen molar-refractivity contribution in [1.29, 1.82) is 0 Å². The van der Waals surface area contributed by atoms with Crippen molar-refractivity contribution < 1.29 is 14.6 Å². The monoisotopic (exact) mass is 527 g/mol. The van der Waals surface area contributed by atoms with Crippen LogP contribution in [0.25, 0.3) is 22.4 Å². The fourth-order valence-corrected chi connectivity index (χ4v) is 4.10. The first-order valence-electron chi connectivity index (χ1n) is 12.0. The number of rotatable bonds is 8. The van der Waals surface area contributed by atoms with Crippen LogP contribution in [-0.2, 0) is 38.6 Å². The largest absolute Gasteiger partial charge is 0.488 e. The number of nitrogens with zero attached hydrogens (tertiary/aromatic N) is 6. The topological polar surface area (TPSA) is 146 Å². The Balaban J connectivity index is 1.28. The van der Waals surface area contributed by atoms with E-state index in [0.29, 0.717) is 18.1 Å². The fraction of sp³-hybridized carbons (Fsp3) is 0.185. The molecule has 2 aromatic carbocycles. The van der Waals surface area contributed by atoms with Crippen molar-refractivity contribution in [3.63, 3.8) is 0 Å². The Kier molecular flexibility index (Phi) is 7.02. The van der Waals surface area contributed by atoms with Crippen molar-refractivity contribution >= 4 is 22.9 Å². The zero-order chi connectivity index (χ0) is 27.5. The number of para-hydroxylation sites is 1. The highest BCUT2D eigenvalue weighted by Crippen LogP contribution is 2.29. The molecule has 12 nitrogen and oxygen atoms in total. The normalized spacial score (nSPS) is 11.1. The molecule has 1 amide bonds. The lowest BCUT2D eigenvalue weighted by Crippen LogP contribution is -2.37. The molecule has 0 radical (unpaired) electrons. The molecular weight excluding hydrogens is 502 g/mol. The third kappa shape index (κ3) is 5.18. The summed E-state index contributed by atoms with van der Waals surface area (Å²) in [5.74, 6) is 0.414. The molecule has 0 saturated carbocycles. The fourth-order valence-electron chi connectivity index (χ4n) is 4.10. The van der Waals surface area contributed by atoms with Gasteiger partial charge in [0.1, 0.15) is 18.9 Å². The molecule has 0 bridgehead atoms. The van der Waals surface area contributed by atoms with Gasteiger partial charge in [0.2, 0.25) is 5.91 Å². The highest BCUT2D eigenvalue weighted by molar-refractivity contribution is 5.90. The first-order valence-corrected chi connectivity index (χ1v) is 12.0. The van der Waals surface area contributed by atoms with Crippen molar-refractivity contribution in [2.45, 2.75) is 19.8 Å². The van der Waals surface area contributed by atoms with Gasteiger partial charge in [0.05, 0.1) is 18.6 Å². The van der Waals surface area contributed by atoms with Gasteiger partial charge in [-0.15, -0.1) is 10.2 Å². The Bertz CT molecular complexity index is 1770. The molecule has 0 spiro atoms. The maximum Gasteiger partial charge on any atom is 0.332 e. The number of ether oxygens (including phenoxy) is 1. The van der Waals surface area contributed by atoms with Gasteiger partial charge in [-0.05, 0) is 35.4 Å². The number of imidazole rings is 1. The van der Waals surface area contributed by atoms with E-state index in [0.717, 1.165) is 21.3 Å². The molecule has 0 fully saturated rings. The zero-order valence-electron chi connectivity index (χ0n) is 21.2. The van der Waals surface area contributed by atoms with Gasteiger partial charge in [0.15, 0.2) is 17.0 Å². The number of aliphatic hydroxyl groups excluding tert-OH is 1. The van der Waals surface area contributed by atoms with E-state index in [9.17, 15) is 19.5 Å². The number of carbonyl (C=O) groups excluding carboxylic acids is 1. The van der Waals surface area contributed by atoms with Gasteiger partial charge >= 0.3 is 5.69 Å². The first-order chi connectivity index (χ1) is 18.9. The minimum Gasteiger partial charge on any atom is -0.488 e. The van der Waals surface area contributed by atoms with Gasteiger partial charge in [0, 0.05) is 19.7 Å². The summed E-state index contributed by atoms with van der Waals surface area (Å²) in [7, 11) is 2.88. The van der Waals surface area contributed by atoms with Crippen LogP contribution in [0.1, 0.15) is 11.1 Å². The number of hydrogen-bond acceptors (Lipinski definition) is 8. The Labute approximate surface area is 221 Å². The zero-order valence-corrected chi connectivity index (χ0v) is 21.2. The van der Waals surface area contributed by atoms with Crippen LogP contribution in [0.4, 0.5) is 5.82 Å². The lowest BCUT2D eigenvalue weighted by molar-refractivity contribution is -0.116. The summed E-state index contributed by atoms with van der Waals surface area (Å²) in [5, 5.41) is 20.2. The predicted molar refractivity (Wildman–Crippen MR) is 143 cm³/mol. The van der Waals surface area contributed by atoms with Gasteiger partial charge in [-0.3, -0.25) is 18.7 Å². The number of aryl methyl sites for hydroxylation is 1. The van der Waals surface area contributed by atoms with Gasteiger partial charge in [-0.1, -0.05) is 36.4 Å². The van der Waals surface area contributed by atoms with E-state index in [1.54, 1.807) is 12.1 Å². The number of carbonyl (C=O) groups is 1. The molecule has 0 aliphatic carbocycles. The van der Waals surface area contributed by atoms with Crippen LogP contribution >= 0.6 is 0 Å². The second kappa shape index (κ2) is 10.7. The van der Waals surface area contributed by atoms with E-state index in [1.807, 2.05) is 48.5 Å². The minimum absolute atomic E-state index is 0.0123. The lowest BCUT2D eigenvalue weighted by Gasteiger charge is -2.12. The lowest BCUT2D eigenvalue weighted by atomic mass is 10.1. The maximum absolute atomic E-state index is 12.7. The van der Waals surface area contributed by atoms with Crippen LogP contribution in [0, 0.1) is 0 Å². The second-order valence-corrected chi connectivity index (χ2v) is 8.86. The quantitative estimate of drug-likeness (QED) is 0.309. The number of benzene rings is 2. The number of hydrogen-bond donors (Lipinski definition) is 2. The van der Waals surface area contributed by atoms with Crippen molar-refractivity contribution in [3.8, 4) is 17.0 Å². The smallest absolute Gasteiger partial charge is 0.332 e. The van der Waals surface area contributed by atoms with Crippen molar-refractivity contribution in [2.24, 2.45) is 14.1 Å². The van der Waals surface area contributed by atoms with Gasteiger partial charge in [0.25, 0.3) is 5.56 Å². The van der Waals surface area contributed by atoms with Crippen LogP contribution in [0.15, 0.2) is 76.6 Å². The molecule has 3 aromatic heterocycles. The number of amides is 1. The first kappa shape index (κ1) is 25.5. The molecule has 0 unspecified atom stereocenters. The summed E-state index contributed by atoms with van der Waals surface area (Å²) in [4.78, 5) is 41.5. The van der Waals surface area contributed by atoms with E-state index in [4.69, 9.17) is 4.74 Å². The van der Waals surface area contributed by atoms with Crippen LogP contribution in [-0.4, -0.2) is 39.9 Å². The molecule has 3 heterocycles. The van der Waals surface area contributed by atoms with Gasteiger partial charge in [-0.2, -0.15) is 0 Å². The summed E-state index contributed by atoms with van der Waals surface area (Å²) in [6, 6.07) is 18.3. The minimum atomic E-state index is -0.536. The van der Waals surface area contributed by atoms with Crippen molar-refractivity contribution in [1.82, 2.24) is 28.9 Å². The molecule has 2 N–H and O–H groups in total. The third-order valence-corrected chi connectivity index (χ3v) is 6.23. The van der Waals surface area contributed by atoms with Gasteiger partial charge < -0.3 is 19.7 Å². The molecule has 5 rings (SSSR count). The van der Waals surface area contributed by atoms with Crippen molar-refractivity contribution in [2.75, 3.05) is 5.32 Å². The Morgan fingerprint density at radius 1 is 0.949 bits per heavy atom. The molecule has 0 saturated heterocycles. The summed E-state index contributed by atoms with van der Waals surface area (Å²) < 4.78 is 9.63. The predicted octanol–water partition coefficient (Wildman–Crippen LogP) is 1.60. The molecular formula is C27H25N7O5. The van der Waals surface area contributed by atoms with E-state index >= 15 is 0 Å². The summed E-state index contributed by atoms with van der Waals surface area (Å²) >= 11 is 0. The molecule has 12 heteroatoms. The van der Waals surface area contributed by atoms with Crippen molar-refractivity contribution in [3.05, 3.63) is 99.0 Å². The summed E-state index contributed by atoms with van der Waals surface area (Å²) in [5.41, 5.74) is 2.39. The number of nitrogens with one attached hydrogen (secondary N) is 1. The molecule has 198 valence electrons. The number of anilines is 1. The Morgan fingerprint density at radius 3 is 2.41 bits per heavy atom. The average Bonchev–Trinajstić information content (AvgIpc) is 3.38. The molecule has 0 atom stereocenters. The molecule has 0 aliphatic rings. The number of aliphatic hydroxyl groups is 1. The number of aromatic nitrogens is 6. The number of fused-ring (bicyclic) bond motifs is 1. The maximum atomic E-state index is 12.7. The standard InChI is InChI=1S/C27H25N7O5/c1-32-25-24(26(37)33(2)27(32)38)34(16-28-25)13-23(36)29-22-12-11-20(30-31-22)19-5-3-4-6-21(19)39-15-18-9-7-17(14-35)8-10-18/h3-12,16,35H,13-15H2,1-2H3,(H,29,31,36). The molecule has 5 aromatic rings. The molecule has 39 heavy (non-hydrogen) atoms.